The predicted molar refractivity (Wildman–Crippen MR) is 94.0 cm³/mol. The molecule has 0 radical (unpaired) electrons. The zero-order chi connectivity index (χ0) is 16.5. The van der Waals surface area contributed by atoms with Crippen molar-refractivity contribution in [3.05, 3.63) is 70.9 Å². The molecule has 2 aromatic heterocycles. The lowest BCUT2D eigenvalue weighted by Gasteiger charge is -1.96. The SMILES string of the molecule is Fc1ccc(-c2csc(-c3nc(-c4ccc(F)cc4)cs3)n2)cc1. The third-order valence-electron chi connectivity index (χ3n) is 3.47. The third kappa shape index (κ3) is 2.98. The maximum atomic E-state index is 13.0. The van der Waals surface area contributed by atoms with E-state index in [1.54, 1.807) is 24.3 Å². The van der Waals surface area contributed by atoms with E-state index in [1.165, 1.54) is 46.9 Å². The zero-order valence-electron chi connectivity index (χ0n) is 12.2. The molecule has 0 aliphatic carbocycles. The minimum absolute atomic E-state index is 0.266. The van der Waals surface area contributed by atoms with Gasteiger partial charge in [-0.25, -0.2) is 18.7 Å². The maximum Gasteiger partial charge on any atom is 0.152 e. The van der Waals surface area contributed by atoms with E-state index in [0.29, 0.717) is 0 Å². The molecule has 0 aliphatic heterocycles. The van der Waals surface area contributed by atoms with Gasteiger partial charge in [0.1, 0.15) is 11.6 Å². The average molecular weight is 356 g/mol. The van der Waals surface area contributed by atoms with Crippen molar-refractivity contribution in [3.8, 4) is 32.5 Å². The van der Waals surface area contributed by atoms with Crippen LogP contribution in [0.5, 0.6) is 0 Å². The van der Waals surface area contributed by atoms with E-state index in [2.05, 4.69) is 9.97 Å². The van der Waals surface area contributed by atoms with Crippen LogP contribution in [-0.2, 0) is 0 Å². The molecule has 24 heavy (non-hydrogen) atoms. The van der Waals surface area contributed by atoms with Gasteiger partial charge in [0.05, 0.1) is 11.4 Å². The van der Waals surface area contributed by atoms with Crippen LogP contribution in [-0.4, -0.2) is 9.97 Å². The van der Waals surface area contributed by atoms with Crippen LogP contribution in [0, 0.1) is 11.6 Å². The topological polar surface area (TPSA) is 25.8 Å². The van der Waals surface area contributed by atoms with Crippen molar-refractivity contribution in [1.82, 2.24) is 9.97 Å². The Morgan fingerprint density at radius 2 is 0.958 bits per heavy atom. The van der Waals surface area contributed by atoms with E-state index in [-0.39, 0.29) is 11.6 Å². The smallest absolute Gasteiger partial charge is 0.152 e. The first kappa shape index (κ1) is 15.1. The molecule has 0 amide bonds. The van der Waals surface area contributed by atoms with Crippen molar-refractivity contribution in [3.63, 3.8) is 0 Å². The lowest BCUT2D eigenvalue weighted by molar-refractivity contribution is 0.627. The van der Waals surface area contributed by atoms with Crippen molar-refractivity contribution in [1.29, 1.82) is 0 Å². The predicted octanol–water partition coefficient (Wildman–Crippen LogP) is 5.88. The molecule has 6 heteroatoms. The number of aromatic nitrogens is 2. The summed E-state index contributed by atoms with van der Waals surface area (Å²) in [6, 6.07) is 12.5. The second kappa shape index (κ2) is 6.22. The molecular weight excluding hydrogens is 346 g/mol. The summed E-state index contributed by atoms with van der Waals surface area (Å²) < 4.78 is 26.0. The molecule has 0 saturated carbocycles. The van der Waals surface area contributed by atoms with E-state index in [1.807, 2.05) is 10.8 Å². The lowest BCUT2D eigenvalue weighted by atomic mass is 10.2. The molecule has 0 N–H and O–H groups in total. The summed E-state index contributed by atoms with van der Waals surface area (Å²) in [7, 11) is 0. The molecule has 118 valence electrons. The third-order valence-corrected chi connectivity index (χ3v) is 5.30. The number of hydrogen-bond acceptors (Lipinski definition) is 4. The molecule has 0 bridgehead atoms. The van der Waals surface area contributed by atoms with Crippen LogP contribution >= 0.6 is 22.7 Å². The first-order valence-electron chi connectivity index (χ1n) is 7.12. The van der Waals surface area contributed by atoms with Crippen LogP contribution < -0.4 is 0 Å². The monoisotopic (exact) mass is 356 g/mol. The first-order chi connectivity index (χ1) is 11.7. The second-order valence-corrected chi connectivity index (χ2v) is 6.81. The lowest BCUT2D eigenvalue weighted by Crippen LogP contribution is -1.81. The van der Waals surface area contributed by atoms with Crippen LogP contribution in [0.4, 0.5) is 8.78 Å². The van der Waals surface area contributed by atoms with Gasteiger partial charge in [-0.2, -0.15) is 0 Å². The Morgan fingerprint density at radius 3 is 1.33 bits per heavy atom. The summed E-state index contributed by atoms with van der Waals surface area (Å²) >= 11 is 2.99. The molecule has 0 aliphatic rings. The molecule has 0 spiro atoms. The summed E-state index contributed by atoms with van der Waals surface area (Å²) in [6.07, 6.45) is 0. The minimum atomic E-state index is -0.266. The van der Waals surface area contributed by atoms with Gasteiger partial charge in [-0.15, -0.1) is 22.7 Å². The summed E-state index contributed by atoms with van der Waals surface area (Å²) in [6.45, 7) is 0. The van der Waals surface area contributed by atoms with E-state index >= 15 is 0 Å². The number of halogens is 2. The maximum absolute atomic E-state index is 13.0. The fourth-order valence-electron chi connectivity index (χ4n) is 2.25. The van der Waals surface area contributed by atoms with Gasteiger partial charge in [0, 0.05) is 21.9 Å². The molecule has 2 heterocycles. The van der Waals surface area contributed by atoms with Crippen LogP contribution in [0.3, 0.4) is 0 Å². The molecule has 0 saturated heterocycles. The zero-order valence-corrected chi connectivity index (χ0v) is 13.9. The van der Waals surface area contributed by atoms with Gasteiger partial charge in [0.25, 0.3) is 0 Å². The van der Waals surface area contributed by atoms with Crippen molar-refractivity contribution in [2.45, 2.75) is 0 Å². The molecule has 2 nitrogen and oxygen atoms in total. The second-order valence-electron chi connectivity index (χ2n) is 5.09. The highest BCUT2D eigenvalue weighted by atomic mass is 32.1. The average Bonchev–Trinajstić information content (AvgIpc) is 3.25. The van der Waals surface area contributed by atoms with Crippen LogP contribution in [0.15, 0.2) is 59.3 Å². The van der Waals surface area contributed by atoms with Crippen LogP contribution in [0.2, 0.25) is 0 Å². The standard InChI is InChI=1S/C18H10F2N2S2/c19-13-5-1-11(2-6-13)15-9-23-17(21-15)18-22-16(10-24-18)12-3-7-14(20)8-4-12/h1-10H. The van der Waals surface area contributed by atoms with E-state index < -0.39 is 0 Å². The number of benzene rings is 2. The summed E-state index contributed by atoms with van der Waals surface area (Å²) in [4.78, 5) is 9.17. The highest BCUT2D eigenvalue weighted by molar-refractivity contribution is 7.20. The molecular formula is C18H10F2N2S2. The quantitative estimate of drug-likeness (QED) is 0.458. The highest BCUT2D eigenvalue weighted by Gasteiger charge is 2.11. The summed E-state index contributed by atoms with van der Waals surface area (Å²) in [5.41, 5.74) is 3.34. The Morgan fingerprint density at radius 1 is 0.583 bits per heavy atom. The van der Waals surface area contributed by atoms with Crippen molar-refractivity contribution >= 4 is 22.7 Å². The number of hydrogen-bond donors (Lipinski definition) is 0. The molecule has 2 aromatic carbocycles. The molecule has 4 rings (SSSR count). The van der Waals surface area contributed by atoms with Gasteiger partial charge in [0.15, 0.2) is 10.0 Å². The Kier molecular flexibility index (Phi) is 3.92. The minimum Gasteiger partial charge on any atom is -0.233 e. The first-order valence-corrected chi connectivity index (χ1v) is 8.88. The van der Waals surface area contributed by atoms with Gasteiger partial charge < -0.3 is 0 Å². The molecule has 0 fully saturated rings. The van der Waals surface area contributed by atoms with Crippen molar-refractivity contribution < 1.29 is 8.78 Å². The molecule has 0 atom stereocenters. The van der Waals surface area contributed by atoms with Gasteiger partial charge in [-0.1, -0.05) is 0 Å². The van der Waals surface area contributed by atoms with E-state index in [9.17, 15) is 8.78 Å². The largest absolute Gasteiger partial charge is 0.233 e. The fraction of sp³-hybridized carbons (Fsp3) is 0. The Labute approximate surface area is 145 Å². The van der Waals surface area contributed by atoms with Crippen LogP contribution in [0.1, 0.15) is 0 Å². The van der Waals surface area contributed by atoms with Gasteiger partial charge in [-0.3, -0.25) is 0 Å². The molecule has 0 unspecified atom stereocenters. The fourth-order valence-corrected chi connectivity index (χ4v) is 3.96. The van der Waals surface area contributed by atoms with Gasteiger partial charge in [-0.05, 0) is 48.5 Å². The van der Waals surface area contributed by atoms with E-state index in [0.717, 1.165) is 32.5 Å². The molecule has 4 aromatic rings. The Hall–Kier alpha value is -2.44. The van der Waals surface area contributed by atoms with Gasteiger partial charge >= 0.3 is 0 Å². The summed E-state index contributed by atoms with van der Waals surface area (Å²) in [5, 5.41) is 5.49. The number of nitrogens with zero attached hydrogens (tertiary/aromatic N) is 2. The normalized spacial score (nSPS) is 10.9. The van der Waals surface area contributed by atoms with Gasteiger partial charge in [0.2, 0.25) is 0 Å². The van der Waals surface area contributed by atoms with Crippen LogP contribution in [0.25, 0.3) is 32.5 Å². The van der Waals surface area contributed by atoms with E-state index in [4.69, 9.17) is 0 Å². The number of rotatable bonds is 3. The Balaban J connectivity index is 1.63. The number of thiazole rings is 2. The van der Waals surface area contributed by atoms with Crippen molar-refractivity contribution in [2.24, 2.45) is 0 Å². The Bertz CT molecular complexity index is 891. The summed E-state index contributed by atoms with van der Waals surface area (Å²) in [5.74, 6) is -0.531. The van der Waals surface area contributed by atoms with Crippen molar-refractivity contribution in [2.75, 3.05) is 0 Å². The highest BCUT2D eigenvalue weighted by Crippen LogP contribution is 2.33.